The molecular weight excluding hydrogens is 592 g/mol. The van der Waals surface area contributed by atoms with Gasteiger partial charge in [0.1, 0.15) is 5.75 Å². The van der Waals surface area contributed by atoms with Crippen molar-refractivity contribution in [2.75, 3.05) is 11.5 Å². The molecule has 3 N–H and O–H groups in total. The number of aryl methyl sites for hydroxylation is 2. The van der Waals surface area contributed by atoms with Gasteiger partial charge < -0.3 is 15.3 Å². The van der Waals surface area contributed by atoms with Crippen LogP contribution in [0.15, 0.2) is 47.1 Å². The maximum atomic E-state index is 13.6. The van der Waals surface area contributed by atoms with Gasteiger partial charge in [-0.2, -0.15) is 26.3 Å². The van der Waals surface area contributed by atoms with Gasteiger partial charge in [0.05, 0.1) is 41.4 Å². The van der Waals surface area contributed by atoms with Gasteiger partial charge in [0, 0.05) is 5.92 Å². The minimum atomic E-state index is -5.18. The van der Waals surface area contributed by atoms with Gasteiger partial charge in [0.2, 0.25) is 11.8 Å². The average Bonchev–Trinajstić information content (AvgIpc) is 3.17. The van der Waals surface area contributed by atoms with Gasteiger partial charge in [-0.3, -0.25) is 9.59 Å². The number of carbonyl (C=O) groups is 2. The fraction of sp³-hybridized carbons (Fsp3) is 0.438. The highest BCUT2D eigenvalue weighted by molar-refractivity contribution is 6.22. The molecule has 0 radical (unpaired) electrons. The lowest BCUT2D eigenvalue weighted by molar-refractivity contribution is -0.143. The van der Waals surface area contributed by atoms with Gasteiger partial charge >= 0.3 is 12.4 Å². The predicted octanol–water partition coefficient (Wildman–Crippen LogP) is 6.73. The van der Waals surface area contributed by atoms with E-state index in [-0.39, 0.29) is 24.7 Å². The third kappa shape index (κ3) is 6.41. The number of halogens is 6. The number of amides is 2. The summed E-state index contributed by atoms with van der Waals surface area (Å²) >= 11 is 0. The molecule has 0 aromatic heterocycles. The van der Waals surface area contributed by atoms with E-state index >= 15 is 0 Å². The Labute approximate surface area is 250 Å². The Morgan fingerprint density at radius 1 is 0.955 bits per heavy atom. The van der Waals surface area contributed by atoms with Crippen molar-refractivity contribution in [1.82, 2.24) is 0 Å². The van der Waals surface area contributed by atoms with Gasteiger partial charge in [-0.15, -0.1) is 0 Å². The Hall–Kier alpha value is -3.64. The minimum absolute atomic E-state index is 0.0550. The van der Waals surface area contributed by atoms with Crippen LogP contribution >= 0.6 is 0 Å². The number of rotatable bonds is 7. The van der Waals surface area contributed by atoms with E-state index in [4.69, 9.17) is 0 Å². The second-order valence-electron chi connectivity index (χ2n) is 11.7. The van der Waals surface area contributed by atoms with E-state index in [1.165, 1.54) is 0 Å². The normalized spacial score (nSPS) is 22.1. The fourth-order valence-corrected chi connectivity index (χ4v) is 6.39. The first-order chi connectivity index (χ1) is 20.3. The van der Waals surface area contributed by atoms with Crippen molar-refractivity contribution in [2.45, 2.75) is 65.4 Å². The Kier molecular flexibility index (Phi) is 9.10. The van der Waals surface area contributed by atoms with Crippen molar-refractivity contribution in [3.8, 4) is 5.75 Å². The van der Waals surface area contributed by atoms with Crippen LogP contribution < -0.4 is 4.90 Å². The Morgan fingerprint density at radius 3 is 2.00 bits per heavy atom. The number of hydrogen-bond donors (Lipinski definition) is 3. The molecule has 1 fully saturated rings. The number of alkyl halides is 6. The summed E-state index contributed by atoms with van der Waals surface area (Å²) in [6.07, 6.45) is -9.05. The minimum Gasteiger partial charge on any atom is -0.507 e. The summed E-state index contributed by atoms with van der Waals surface area (Å²) in [4.78, 5) is 27.3. The van der Waals surface area contributed by atoms with E-state index in [9.17, 15) is 51.3 Å². The summed E-state index contributed by atoms with van der Waals surface area (Å²) in [5.74, 6) is -5.25. The number of carbonyl (C=O) groups excluding carboxylic acids is 2. The second-order valence-corrected chi connectivity index (χ2v) is 11.7. The van der Waals surface area contributed by atoms with Gasteiger partial charge in [-0.1, -0.05) is 17.2 Å². The van der Waals surface area contributed by atoms with Crippen molar-refractivity contribution in [2.24, 2.45) is 17.8 Å². The first-order valence-electron chi connectivity index (χ1n) is 14.0. The van der Waals surface area contributed by atoms with Crippen LogP contribution in [0.25, 0.3) is 6.08 Å². The van der Waals surface area contributed by atoms with Crippen LogP contribution in [-0.2, 0) is 21.9 Å². The van der Waals surface area contributed by atoms with Crippen LogP contribution in [0, 0.1) is 31.6 Å². The molecule has 4 rings (SSSR count). The summed E-state index contributed by atoms with van der Waals surface area (Å²) in [7, 11) is 0. The summed E-state index contributed by atoms with van der Waals surface area (Å²) < 4.78 is 80.9. The van der Waals surface area contributed by atoms with Crippen LogP contribution in [0.5, 0.6) is 5.75 Å². The number of aliphatic hydroxyl groups is 2. The Bertz CT molecular complexity index is 1490. The average molecular weight is 626 g/mol. The molecule has 1 saturated heterocycles. The van der Waals surface area contributed by atoms with Crippen molar-refractivity contribution in [3.63, 3.8) is 0 Å². The first kappa shape index (κ1) is 33.3. The SMILES string of the molecule is CC1=C([C@H](O)CC/C(C)=C/c2cc(C)c(O)c(C)c2)[C@H](CO)[C@@H]2C(=O)N(c3cc(C(F)(F)F)cc(C(F)(F)F)c3)C(=O)[C@@H]2C1. The third-order valence-electron chi connectivity index (χ3n) is 8.45. The lowest BCUT2D eigenvalue weighted by Gasteiger charge is -2.35. The molecule has 0 saturated carbocycles. The number of nitrogens with zero attached hydrogens (tertiary/aromatic N) is 1. The number of phenols is 1. The van der Waals surface area contributed by atoms with Gasteiger partial charge in [0.15, 0.2) is 0 Å². The number of phenolic OH excluding ortho intramolecular Hbond substituents is 1. The molecule has 1 heterocycles. The van der Waals surface area contributed by atoms with E-state index in [0.717, 1.165) is 11.1 Å². The maximum absolute atomic E-state index is 13.6. The van der Waals surface area contributed by atoms with Crippen molar-refractivity contribution in [1.29, 1.82) is 0 Å². The smallest absolute Gasteiger partial charge is 0.416 e. The molecule has 0 bridgehead atoms. The molecule has 238 valence electrons. The lowest BCUT2D eigenvalue weighted by atomic mass is 9.68. The van der Waals surface area contributed by atoms with E-state index in [1.807, 2.05) is 25.1 Å². The molecule has 2 aromatic carbocycles. The van der Waals surface area contributed by atoms with Crippen molar-refractivity contribution in [3.05, 3.63) is 74.9 Å². The topological polar surface area (TPSA) is 98.1 Å². The summed E-state index contributed by atoms with van der Waals surface area (Å²) in [5.41, 5.74) is -0.168. The van der Waals surface area contributed by atoms with Crippen LogP contribution in [-0.4, -0.2) is 39.8 Å². The third-order valence-corrected chi connectivity index (χ3v) is 8.45. The van der Waals surface area contributed by atoms with E-state index in [0.29, 0.717) is 45.7 Å². The van der Waals surface area contributed by atoms with Crippen LogP contribution in [0.4, 0.5) is 32.0 Å². The molecule has 6 nitrogen and oxygen atoms in total. The number of imide groups is 1. The van der Waals surface area contributed by atoms with Gasteiger partial charge in [-0.25, -0.2) is 4.90 Å². The number of fused-ring (bicyclic) bond motifs is 1. The van der Waals surface area contributed by atoms with Crippen LogP contribution in [0.3, 0.4) is 0 Å². The quantitative estimate of drug-likeness (QED) is 0.180. The molecule has 1 aliphatic heterocycles. The summed E-state index contributed by atoms with van der Waals surface area (Å²) in [6.45, 7) is 6.35. The summed E-state index contributed by atoms with van der Waals surface area (Å²) in [5, 5.41) is 31.5. The van der Waals surface area contributed by atoms with Gasteiger partial charge in [0.25, 0.3) is 0 Å². The lowest BCUT2D eigenvalue weighted by Crippen LogP contribution is -2.38. The van der Waals surface area contributed by atoms with Crippen molar-refractivity contribution >= 4 is 23.6 Å². The zero-order chi connectivity index (χ0) is 32.9. The van der Waals surface area contributed by atoms with Gasteiger partial charge in [-0.05, 0) is 99.6 Å². The molecule has 0 unspecified atom stereocenters. The number of aromatic hydroxyl groups is 1. The predicted molar refractivity (Wildman–Crippen MR) is 150 cm³/mol. The molecule has 2 aliphatic rings. The van der Waals surface area contributed by atoms with Crippen LogP contribution in [0.1, 0.15) is 60.9 Å². The Morgan fingerprint density at radius 2 is 1.50 bits per heavy atom. The van der Waals surface area contributed by atoms with Crippen LogP contribution in [0.2, 0.25) is 0 Å². The number of hydrogen-bond acceptors (Lipinski definition) is 5. The van der Waals surface area contributed by atoms with Crippen molar-refractivity contribution < 1.29 is 51.3 Å². The molecule has 2 amide bonds. The largest absolute Gasteiger partial charge is 0.507 e. The highest BCUT2D eigenvalue weighted by Crippen LogP contribution is 2.48. The maximum Gasteiger partial charge on any atom is 0.416 e. The number of benzene rings is 2. The fourth-order valence-electron chi connectivity index (χ4n) is 6.39. The number of aliphatic hydroxyl groups excluding tert-OH is 2. The molecule has 2 aromatic rings. The zero-order valence-electron chi connectivity index (χ0n) is 24.5. The molecule has 44 heavy (non-hydrogen) atoms. The molecule has 4 atom stereocenters. The molecular formula is C32H33F6NO5. The standard InChI is InChI=1S/C32H33F6NO5/c1-15(7-19-8-17(3)28(42)18(4)9-19)5-6-25(41)26-16(2)10-23-27(24(26)14-40)30(44)39(29(23)43)22-12-20(31(33,34)35)11-21(13-22)32(36,37)38/h7-9,11-13,23-25,27,40-42H,5-6,10,14H2,1-4H3/b15-7+/t23-,24+,25-,27-/m1/s1. The Balaban J connectivity index is 1.61. The van der Waals surface area contributed by atoms with E-state index in [1.54, 1.807) is 20.8 Å². The summed E-state index contributed by atoms with van der Waals surface area (Å²) in [6, 6.07) is 4.21. The van der Waals surface area contributed by atoms with E-state index in [2.05, 4.69) is 0 Å². The number of allylic oxidation sites excluding steroid dienone is 2. The zero-order valence-corrected chi connectivity index (χ0v) is 24.5. The van der Waals surface area contributed by atoms with E-state index < -0.39 is 71.4 Å². The highest BCUT2D eigenvalue weighted by atomic mass is 19.4. The molecule has 1 aliphatic carbocycles. The molecule has 12 heteroatoms. The second kappa shape index (κ2) is 12.0. The monoisotopic (exact) mass is 625 g/mol. The first-order valence-corrected chi connectivity index (χ1v) is 14.0. The molecule has 0 spiro atoms. The number of anilines is 1. The highest BCUT2D eigenvalue weighted by Gasteiger charge is 2.55.